The topological polar surface area (TPSA) is 76.2 Å². The Morgan fingerprint density at radius 3 is 2.45 bits per heavy atom. The Morgan fingerprint density at radius 2 is 1.62 bits per heavy atom. The van der Waals surface area contributed by atoms with Gasteiger partial charge < -0.3 is 14.4 Å². The highest BCUT2D eigenvalue weighted by Crippen LogP contribution is 2.33. The molecule has 5 rings (SSSR count). The number of hydrogen-bond donors (Lipinski definition) is 0. The molecule has 0 atom stereocenters. The third-order valence-electron chi connectivity index (χ3n) is 5.85. The van der Waals surface area contributed by atoms with E-state index in [4.69, 9.17) is 9.47 Å². The van der Waals surface area contributed by atoms with Crippen molar-refractivity contribution < 1.29 is 22.7 Å². The van der Waals surface area contributed by atoms with Gasteiger partial charge in [0.1, 0.15) is 0 Å². The fourth-order valence-corrected chi connectivity index (χ4v) is 5.67. The van der Waals surface area contributed by atoms with Crippen LogP contribution in [0.15, 0.2) is 41.3 Å². The molecule has 0 spiro atoms. The van der Waals surface area contributed by atoms with Crippen LogP contribution in [-0.2, 0) is 22.9 Å². The van der Waals surface area contributed by atoms with Gasteiger partial charge in [-0.05, 0) is 60.7 Å². The maximum atomic E-state index is 13.1. The SMILES string of the molecule is O=C(c1ccc2c(c1)OCO2)N1CCN(S(=O)(=O)c2ccc3c(c2)CCC3)CC1. The molecule has 8 heteroatoms. The molecule has 1 amide bonds. The molecule has 0 aromatic heterocycles. The zero-order valence-corrected chi connectivity index (χ0v) is 16.8. The smallest absolute Gasteiger partial charge is 0.254 e. The van der Waals surface area contributed by atoms with Crippen molar-refractivity contribution in [2.24, 2.45) is 0 Å². The van der Waals surface area contributed by atoms with E-state index in [0.717, 1.165) is 24.8 Å². The number of piperazine rings is 1. The number of rotatable bonds is 3. The Kier molecular flexibility index (Phi) is 4.48. The minimum absolute atomic E-state index is 0.127. The lowest BCUT2D eigenvalue weighted by molar-refractivity contribution is 0.0697. The Morgan fingerprint density at radius 1 is 0.862 bits per heavy atom. The molecule has 2 aromatic carbocycles. The highest BCUT2D eigenvalue weighted by molar-refractivity contribution is 7.89. The van der Waals surface area contributed by atoms with E-state index in [-0.39, 0.29) is 25.8 Å². The summed E-state index contributed by atoms with van der Waals surface area (Å²) in [7, 11) is -3.55. The van der Waals surface area contributed by atoms with Gasteiger partial charge in [0.2, 0.25) is 16.8 Å². The summed E-state index contributed by atoms with van der Waals surface area (Å²) in [5, 5.41) is 0. The standard InChI is InChI=1S/C21H22N2O5S/c24-21(17-5-7-19-20(13-17)28-14-27-19)22-8-10-23(11-9-22)29(25,26)18-6-4-15-2-1-3-16(15)12-18/h4-7,12-13H,1-3,8-11,14H2. The molecule has 0 bridgehead atoms. The number of ether oxygens (including phenoxy) is 2. The Hall–Kier alpha value is -2.58. The maximum absolute atomic E-state index is 13.1. The van der Waals surface area contributed by atoms with E-state index in [1.165, 1.54) is 9.87 Å². The lowest BCUT2D eigenvalue weighted by Crippen LogP contribution is -2.50. The van der Waals surface area contributed by atoms with Gasteiger partial charge in [0.05, 0.1) is 4.90 Å². The number of fused-ring (bicyclic) bond motifs is 2. The summed E-state index contributed by atoms with van der Waals surface area (Å²) in [5.41, 5.74) is 2.91. The van der Waals surface area contributed by atoms with Gasteiger partial charge >= 0.3 is 0 Å². The van der Waals surface area contributed by atoms with Gasteiger partial charge in [0, 0.05) is 31.7 Å². The molecule has 0 N–H and O–H groups in total. The lowest BCUT2D eigenvalue weighted by atomic mass is 10.1. The first-order chi connectivity index (χ1) is 14.0. The van der Waals surface area contributed by atoms with E-state index in [1.54, 1.807) is 29.2 Å². The van der Waals surface area contributed by atoms with Gasteiger partial charge in [0.15, 0.2) is 11.5 Å². The molecule has 0 radical (unpaired) electrons. The van der Waals surface area contributed by atoms with E-state index < -0.39 is 10.0 Å². The minimum Gasteiger partial charge on any atom is -0.454 e. The Balaban J connectivity index is 1.28. The Bertz CT molecular complexity index is 1070. The predicted octanol–water partition coefficient (Wildman–Crippen LogP) is 2.05. The molecule has 1 saturated heterocycles. The summed E-state index contributed by atoms with van der Waals surface area (Å²) >= 11 is 0. The minimum atomic E-state index is -3.55. The quantitative estimate of drug-likeness (QED) is 0.768. The largest absolute Gasteiger partial charge is 0.454 e. The van der Waals surface area contributed by atoms with Crippen LogP contribution in [0.2, 0.25) is 0 Å². The van der Waals surface area contributed by atoms with Crippen molar-refractivity contribution in [3.05, 3.63) is 53.1 Å². The second-order valence-electron chi connectivity index (χ2n) is 7.55. The van der Waals surface area contributed by atoms with Crippen LogP contribution in [0.4, 0.5) is 0 Å². The van der Waals surface area contributed by atoms with Gasteiger partial charge in [0.25, 0.3) is 5.91 Å². The third-order valence-corrected chi connectivity index (χ3v) is 7.75. The summed E-state index contributed by atoms with van der Waals surface area (Å²) in [5.74, 6) is 1.07. The van der Waals surface area contributed by atoms with E-state index in [2.05, 4.69) is 0 Å². The molecule has 7 nitrogen and oxygen atoms in total. The highest BCUT2D eigenvalue weighted by atomic mass is 32.2. The molecule has 2 aliphatic heterocycles. The molecule has 0 unspecified atom stereocenters. The first-order valence-electron chi connectivity index (χ1n) is 9.83. The van der Waals surface area contributed by atoms with Gasteiger partial charge in [-0.15, -0.1) is 0 Å². The zero-order valence-electron chi connectivity index (χ0n) is 16.0. The highest BCUT2D eigenvalue weighted by Gasteiger charge is 2.31. The second-order valence-corrected chi connectivity index (χ2v) is 9.49. The van der Waals surface area contributed by atoms with Gasteiger partial charge in [-0.3, -0.25) is 4.79 Å². The second kappa shape index (κ2) is 7.03. The fourth-order valence-electron chi connectivity index (χ4n) is 4.20. The number of hydrogen-bond acceptors (Lipinski definition) is 5. The molecule has 2 heterocycles. The van der Waals surface area contributed by atoms with Crippen molar-refractivity contribution in [1.82, 2.24) is 9.21 Å². The fraction of sp³-hybridized carbons (Fsp3) is 0.381. The summed E-state index contributed by atoms with van der Waals surface area (Å²) in [6.07, 6.45) is 3.05. The van der Waals surface area contributed by atoms with Gasteiger partial charge in [-0.1, -0.05) is 6.07 Å². The summed E-state index contributed by atoms with van der Waals surface area (Å²) in [4.78, 5) is 14.9. The van der Waals surface area contributed by atoms with E-state index in [0.29, 0.717) is 35.0 Å². The molecule has 2 aromatic rings. The number of aryl methyl sites for hydroxylation is 2. The van der Waals surface area contributed by atoms with Crippen LogP contribution in [0.1, 0.15) is 27.9 Å². The van der Waals surface area contributed by atoms with Crippen LogP contribution >= 0.6 is 0 Å². The lowest BCUT2D eigenvalue weighted by Gasteiger charge is -2.34. The first kappa shape index (κ1) is 18.4. The summed E-state index contributed by atoms with van der Waals surface area (Å²) < 4.78 is 38.2. The molecular formula is C21H22N2O5S. The molecule has 3 aliphatic rings. The van der Waals surface area contributed by atoms with Crippen molar-refractivity contribution in [3.8, 4) is 11.5 Å². The molecular weight excluding hydrogens is 392 g/mol. The molecule has 0 saturated carbocycles. The number of nitrogens with zero attached hydrogens (tertiary/aromatic N) is 2. The van der Waals surface area contributed by atoms with Crippen molar-refractivity contribution >= 4 is 15.9 Å². The zero-order chi connectivity index (χ0) is 20.0. The van der Waals surface area contributed by atoms with Crippen molar-refractivity contribution in [1.29, 1.82) is 0 Å². The van der Waals surface area contributed by atoms with Crippen molar-refractivity contribution in [2.45, 2.75) is 24.2 Å². The van der Waals surface area contributed by atoms with Crippen LogP contribution in [0.5, 0.6) is 11.5 Å². The van der Waals surface area contributed by atoms with Crippen LogP contribution in [0.25, 0.3) is 0 Å². The van der Waals surface area contributed by atoms with E-state index >= 15 is 0 Å². The van der Waals surface area contributed by atoms with Crippen LogP contribution in [0, 0.1) is 0 Å². The number of carbonyl (C=O) groups is 1. The van der Waals surface area contributed by atoms with Crippen LogP contribution in [0.3, 0.4) is 0 Å². The number of amides is 1. The average molecular weight is 414 g/mol. The van der Waals surface area contributed by atoms with E-state index in [1.807, 2.05) is 12.1 Å². The monoisotopic (exact) mass is 414 g/mol. The van der Waals surface area contributed by atoms with Gasteiger partial charge in [-0.25, -0.2) is 8.42 Å². The normalized spacial score (nSPS) is 18.7. The summed E-state index contributed by atoms with van der Waals surface area (Å²) in [6, 6.07) is 10.6. The molecule has 1 fully saturated rings. The Labute approximate surface area is 169 Å². The number of sulfonamides is 1. The summed E-state index contributed by atoms with van der Waals surface area (Å²) in [6.45, 7) is 1.45. The number of carbonyl (C=O) groups excluding carboxylic acids is 1. The maximum Gasteiger partial charge on any atom is 0.254 e. The third kappa shape index (κ3) is 3.26. The average Bonchev–Trinajstić information content (AvgIpc) is 3.41. The molecule has 1 aliphatic carbocycles. The predicted molar refractivity (Wildman–Crippen MR) is 106 cm³/mol. The van der Waals surface area contributed by atoms with E-state index in [9.17, 15) is 13.2 Å². The van der Waals surface area contributed by atoms with Crippen LogP contribution in [-0.4, -0.2) is 56.5 Å². The van der Waals surface area contributed by atoms with Gasteiger partial charge in [-0.2, -0.15) is 4.31 Å². The number of benzene rings is 2. The van der Waals surface area contributed by atoms with Crippen LogP contribution < -0.4 is 9.47 Å². The first-order valence-corrected chi connectivity index (χ1v) is 11.3. The van der Waals surface area contributed by atoms with Crippen molar-refractivity contribution in [2.75, 3.05) is 33.0 Å². The molecule has 152 valence electrons. The van der Waals surface area contributed by atoms with Crippen molar-refractivity contribution in [3.63, 3.8) is 0 Å². The molecule has 29 heavy (non-hydrogen) atoms.